The van der Waals surface area contributed by atoms with Gasteiger partial charge in [-0.15, -0.1) is 0 Å². The maximum Gasteiger partial charge on any atom is 0.328 e. The molecule has 11 nitrogen and oxygen atoms in total. The number of carbonyl (C=O) groups excluding carboxylic acids is 5. The first-order valence-corrected chi connectivity index (χ1v) is 16.5. The second-order valence-electron chi connectivity index (χ2n) is 12.3. The van der Waals surface area contributed by atoms with Crippen LogP contribution < -0.4 is 15.9 Å². The lowest BCUT2D eigenvalue weighted by molar-refractivity contribution is -0.139. The van der Waals surface area contributed by atoms with Gasteiger partial charge in [-0.25, -0.2) is 9.18 Å². The quantitative estimate of drug-likeness (QED) is 0.188. The summed E-state index contributed by atoms with van der Waals surface area (Å²) in [5.41, 5.74) is 8.61. The first kappa shape index (κ1) is 32.1. The van der Waals surface area contributed by atoms with Crippen LogP contribution in [0, 0.1) is 33.1 Å². The largest absolute Gasteiger partial charge is 0.504 e. The van der Waals surface area contributed by atoms with Crippen LogP contribution in [0.5, 0.6) is 11.5 Å². The monoisotopic (exact) mass is 784 g/mol. The number of anilines is 1. The van der Waals surface area contributed by atoms with Crippen molar-refractivity contribution in [3.05, 3.63) is 97.8 Å². The van der Waals surface area contributed by atoms with Crippen LogP contribution in [-0.2, 0) is 24.6 Å². The Labute approximate surface area is 291 Å². The lowest BCUT2D eigenvalue weighted by atomic mass is 9.49. The van der Waals surface area contributed by atoms with Crippen molar-refractivity contribution < 1.29 is 38.2 Å². The number of hydrogen-bond acceptors (Lipinski definition) is 8. The highest BCUT2D eigenvalue weighted by molar-refractivity contribution is 14.1. The molecule has 7 rings (SSSR count). The molecule has 246 valence electrons. The van der Waals surface area contributed by atoms with Gasteiger partial charge in [0, 0.05) is 10.9 Å². The van der Waals surface area contributed by atoms with E-state index in [1.165, 1.54) is 31.4 Å². The average molecular weight is 785 g/mol. The van der Waals surface area contributed by atoms with Crippen molar-refractivity contribution >= 4 is 69.5 Å². The number of allylic oxidation sites excluding steroid dienone is 2. The molecule has 14 heteroatoms. The second kappa shape index (κ2) is 11.6. The highest BCUT2D eigenvalue weighted by atomic mass is 127. The minimum atomic E-state index is -1.62. The number of halogens is 3. The first-order valence-electron chi connectivity index (χ1n) is 15.0. The zero-order valence-corrected chi connectivity index (χ0v) is 28.1. The fourth-order valence-corrected chi connectivity index (χ4v) is 8.91. The van der Waals surface area contributed by atoms with E-state index in [0.29, 0.717) is 30.2 Å². The Morgan fingerprint density at radius 1 is 1.04 bits per heavy atom. The Hall–Kier alpha value is -4.50. The molecule has 2 saturated heterocycles. The van der Waals surface area contributed by atoms with Gasteiger partial charge in [-0.05, 0) is 101 Å². The summed E-state index contributed by atoms with van der Waals surface area (Å²) < 4.78 is 19.7. The molecule has 6 unspecified atom stereocenters. The summed E-state index contributed by atoms with van der Waals surface area (Å²) in [5, 5.41) is 12.1. The van der Waals surface area contributed by atoms with E-state index in [2.05, 4.69) is 5.43 Å². The molecule has 3 aromatic rings. The Kier molecular flexibility index (Phi) is 7.74. The molecule has 48 heavy (non-hydrogen) atoms. The number of urea groups is 1. The molecule has 0 spiro atoms. The minimum absolute atomic E-state index is 0.0176. The van der Waals surface area contributed by atoms with Crippen LogP contribution in [0.1, 0.15) is 29.9 Å². The highest BCUT2D eigenvalue weighted by Crippen LogP contribution is 2.64. The van der Waals surface area contributed by atoms with E-state index in [-0.39, 0.29) is 30.0 Å². The van der Waals surface area contributed by atoms with Crippen LogP contribution in [0.3, 0.4) is 0 Å². The van der Waals surface area contributed by atoms with Gasteiger partial charge in [0.1, 0.15) is 5.82 Å². The number of fused-ring (bicyclic) bond motifs is 4. The number of likely N-dealkylation sites (tertiary alicyclic amines) is 1. The Bertz CT molecular complexity index is 1960. The second-order valence-corrected chi connectivity index (χ2v) is 13.9. The fraction of sp³-hybridized carbons (Fsp3) is 0.265. The number of carbonyl (C=O) groups is 5. The molecule has 2 heterocycles. The third-order valence-corrected chi connectivity index (χ3v) is 11.2. The van der Waals surface area contributed by atoms with Crippen LogP contribution in [-0.4, -0.2) is 51.8 Å². The average Bonchev–Trinajstić information content (AvgIpc) is 3.44. The molecule has 0 radical (unpaired) electrons. The van der Waals surface area contributed by atoms with E-state index < -0.39 is 70.5 Å². The Morgan fingerprint density at radius 2 is 1.73 bits per heavy atom. The highest BCUT2D eigenvalue weighted by Gasteiger charge is 2.70. The van der Waals surface area contributed by atoms with Crippen molar-refractivity contribution in [2.24, 2.45) is 29.4 Å². The van der Waals surface area contributed by atoms with Gasteiger partial charge in [-0.1, -0.05) is 35.4 Å². The zero-order chi connectivity index (χ0) is 34.2. The van der Waals surface area contributed by atoms with Crippen molar-refractivity contribution in [2.45, 2.75) is 24.2 Å². The van der Waals surface area contributed by atoms with Crippen LogP contribution >= 0.6 is 34.2 Å². The molecule has 4 aliphatic rings. The molecule has 6 amide bonds. The maximum atomic E-state index is 15.1. The van der Waals surface area contributed by atoms with Crippen LogP contribution in [0.25, 0.3) is 0 Å². The van der Waals surface area contributed by atoms with Crippen molar-refractivity contribution in [1.29, 1.82) is 0 Å². The SMILES string of the molecule is COc1cc(C2C3=CCC4C(=O)N(C(N)=O)C(=O)C4C3CC3C(=O)N(Nc4ccc(F)cc4)C(=O)C32c2ccc(Cl)cc2)cc(I)c1O. The molecule has 3 aromatic carbocycles. The number of ether oxygens (including phenoxy) is 1. The number of benzene rings is 3. The third kappa shape index (κ3) is 4.54. The number of imide groups is 4. The number of phenols is 1. The molecule has 3 fully saturated rings. The van der Waals surface area contributed by atoms with E-state index in [1.807, 2.05) is 28.7 Å². The number of primary amides is 1. The molecular formula is C34H27ClFIN4O7. The van der Waals surface area contributed by atoms with E-state index >= 15 is 4.79 Å². The maximum absolute atomic E-state index is 15.1. The summed E-state index contributed by atoms with van der Waals surface area (Å²) in [4.78, 5) is 69.4. The summed E-state index contributed by atoms with van der Waals surface area (Å²) in [7, 11) is 1.39. The predicted molar refractivity (Wildman–Crippen MR) is 178 cm³/mol. The molecule has 4 N–H and O–H groups in total. The molecule has 0 bridgehead atoms. The predicted octanol–water partition coefficient (Wildman–Crippen LogP) is 4.86. The zero-order valence-electron chi connectivity index (χ0n) is 25.2. The van der Waals surface area contributed by atoms with Gasteiger partial charge < -0.3 is 15.6 Å². The van der Waals surface area contributed by atoms with Crippen molar-refractivity contribution in [3.8, 4) is 11.5 Å². The van der Waals surface area contributed by atoms with Gasteiger partial charge in [-0.2, -0.15) is 9.91 Å². The van der Waals surface area contributed by atoms with E-state index in [9.17, 15) is 28.7 Å². The Morgan fingerprint density at radius 3 is 2.38 bits per heavy atom. The standard InChI is InChI=1S/C34H27ClFIN4O7/c1-48-25-13-15(12-24(37)28(25)42)27-20-10-11-21-26(31(45)40(29(21)43)33(38)47)22(20)14-23-30(44)41(39-19-8-6-18(36)7-9-19)32(46)34(23,27)16-2-4-17(35)5-3-16/h2-10,12-13,21-23,26-27,39,42H,11,14H2,1H3,(H2,38,47). The number of phenolic OH excluding ortho intramolecular Hbond substituents is 1. The normalized spacial score (nSPS) is 27.8. The molecule has 6 atom stereocenters. The summed E-state index contributed by atoms with van der Waals surface area (Å²) in [6.45, 7) is 0. The third-order valence-electron chi connectivity index (χ3n) is 10.1. The molecule has 2 aliphatic heterocycles. The lowest BCUT2D eigenvalue weighted by Gasteiger charge is -2.50. The molecule has 0 aromatic heterocycles. The van der Waals surface area contributed by atoms with Crippen LogP contribution in [0.4, 0.5) is 14.9 Å². The number of aromatic hydroxyl groups is 1. The number of nitrogens with two attached hydrogens (primary N) is 1. The van der Waals surface area contributed by atoms with Gasteiger partial charge in [0.05, 0.1) is 39.5 Å². The van der Waals surface area contributed by atoms with Gasteiger partial charge in [0.2, 0.25) is 11.8 Å². The Balaban J connectivity index is 1.49. The number of amides is 6. The summed E-state index contributed by atoms with van der Waals surface area (Å²) in [6, 6.07) is 13.9. The number of nitrogens with zero attached hydrogens (tertiary/aromatic N) is 2. The topological polar surface area (TPSA) is 159 Å². The minimum Gasteiger partial charge on any atom is -0.504 e. The number of nitrogens with one attached hydrogen (secondary N) is 1. The van der Waals surface area contributed by atoms with Crippen LogP contribution in [0.15, 0.2) is 72.3 Å². The molecule has 1 saturated carbocycles. The summed E-state index contributed by atoms with van der Waals surface area (Å²) in [5.74, 6) is -7.79. The van der Waals surface area contributed by atoms with Crippen LogP contribution in [0.2, 0.25) is 5.02 Å². The van der Waals surface area contributed by atoms with Crippen molar-refractivity contribution in [3.63, 3.8) is 0 Å². The van der Waals surface area contributed by atoms with Gasteiger partial charge in [0.25, 0.3) is 11.8 Å². The number of methoxy groups -OCH3 is 1. The summed E-state index contributed by atoms with van der Waals surface area (Å²) >= 11 is 8.25. The van der Waals surface area contributed by atoms with Gasteiger partial charge >= 0.3 is 6.03 Å². The van der Waals surface area contributed by atoms with E-state index in [0.717, 1.165) is 5.01 Å². The smallest absolute Gasteiger partial charge is 0.328 e. The molecular weight excluding hydrogens is 758 g/mol. The van der Waals surface area contributed by atoms with Crippen molar-refractivity contribution in [2.75, 3.05) is 12.5 Å². The van der Waals surface area contributed by atoms with Gasteiger partial charge in [0.15, 0.2) is 11.5 Å². The number of hydrogen-bond donors (Lipinski definition) is 3. The summed E-state index contributed by atoms with van der Waals surface area (Å²) in [6.07, 6.45) is 1.89. The van der Waals surface area contributed by atoms with Gasteiger partial charge in [-0.3, -0.25) is 24.6 Å². The fourth-order valence-electron chi connectivity index (χ4n) is 8.16. The lowest BCUT2D eigenvalue weighted by Crippen LogP contribution is -2.53. The van der Waals surface area contributed by atoms with E-state index in [1.54, 1.807) is 36.4 Å². The number of hydrazine groups is 1. The number of rotatable bonds is 5. The van der Waals surface area contributed by atoms with E-state index in [4.69, 9.17) is 22.1 Å². The first-order chi connectivity index (χ1) is 22.9. The van der Waals surface area contributed by atoms with Crippen molar-refractivity contribution in [1.82, 2.24) is 9.91 Å². The molecule has 2 aliphatic carbocycles.